The van der Waals surface area contributed by atoms with Crippen molar-refractivity contribution in [3.8, 4) is 0 Å². The van der Waals surface area contributed by atoms with Gasteiger partial charge >= 0.3 is 0 Å². The third kappa shape index (κ3) is 7.07. The van der Waals surface area contributed by atoms with Crippen LogP contribution in [-0.2, 0) is 4.79 Å². The summed E-state index contributed by atoms with van der Waals surface area (Å²) in [6.07, 6.45) is 4.91. The molecule has 1 aliphatic carbocycles. The first kappa shape index (κ1) is 20.7. The fraction of sp³-hybridized carbons (Fsp3) is 0.529. The summed E-state index contributed by atoms with van der Waals surface area (Å²) >= 11 is 5.78. The molecule has 2 rings (SSSR count). The number of nitrogens with two attached hydrogens (primary N) is 1. The van der Waals surface area contributed by atoms with Crippen molar-refractivity contribution in [1.82, 2.24) is 10.6 Å². The van der Waals surface area contributed by atoms with Gasteiger partial charge < -0.3 is 16.4 Å². The summed E-state index contributed by atoms with van der Waals surface area (Å²) < 4.78 is 0. The Morgan fingerprint density at radius 2 is 1.75 bits per heavy atom. The van der Waals surface area contributed by atoms with Gasteiger partial charge in [-0.2, -0.15) is 0 Å². The standard InChI is InChI=1S/C17H24ClN3O2.ClH/c18-13-5-3-12(4-6-13)17(23)20-11-1-2-16(22)21-15-9-7-14(19)8-10-15;/h3-6,14-15H,1-2,7-11,19H2,(H,20,23)(H,21,22);1H. The molecule has 24 heavy (non-hydrogen) atoms. The Labute approximate surface area is 154 Å². The van der Waals surface area contributed by atoms with Gasteiger partial charge in [-0.15, -0.1) is 12.4 Å². The molecule has 1 aliphatic rings. The molecule has 2 amide bonds. The van der Waals surface area contributed by atoms with E-state index in [4.69, 9.17) is 17.3 Å². The highest BCUT2D eigenvalue weighted by molar-refractivity contribution is 6.30. The Hall–Kier alpha value is -1.30. The molecule has 0 aliphatic heterocycles. The van der Waals surface area contributed by atoms with Gasteiger partial charge in [-0.25, -0.2) is 0 Å². The zero-order chi connectivity index (χ0) is 16.7. The van der Waals surface area contributed by atoms with E-state index in [0.717, 1.165) is 25.7 Å². The Balaban J connectivity index is 0.00000288. The van der Waals surface area contributed by atoms with Crippen LogP contribution in [0.3, 0.4) is 0 Å². The second kappa shape index (κ2) is 10.5. The summed E-state index contributed by atoms with van der Waals surface area (Å²) in [6, 6.07) is 7.26. The molecule has 0 radical (unpaired) electrons. The van der Waals surface area contributed by atoms with Crippen LogP contribution in [0.15, 0.2) is 24.3 Å². The van der Waals surface area contributed by atoms with Crippen LogP contribution in [0.5, 0.6) is 0 Å². The predicted molar refractivity (Wildman–Crippen MR) is 98.6 cm³/mol. The fourth-order valence-electron chi connectivity index (χ4n) is 2.72. The minimum Gasteiger partial charge on any atom is -0.353 e. The largest absolute Gasteiger partial charge is 0.353 e. The lowest BCUT2D eigenvalue weighted by Crippen LogP contribution is -2.40. The molecule has 0 aromatic heterocycles. The molecule has 1 aromatic carbocycles. The van der Waals surface area contributed by atoms with E-state index in [-0.39, 0.29) is 36.3 Å². The summed E-state index contributed by atoms with van der Waals surface area (Å²) in [6.45, 7) is 0.477. The molecule has 0 unspecified atom stereocenters. The summed E-state index contributed by atoms with van der Waals surface area (Å²) in [5.74, 6) is -0.102. The molecular formula is C17H25Cl2N3O2. The Morgan fingerprint density at radius 3 is 2.38 bits per heavy atom. The number of benzene rings is 1. The van der Waals surface area contributed by atoms with Crippen LogP contribution in [0.4, 0.5) is 0 Å². The van der Waals surface area contributed by atoms with E-state index in [0.29, 0.717) is 30.0 Å². The molecule has 0 spiro atoms. The van der Waals surface area contributed by atoms with Gasteiger partial charge in [-0.3, -0.25) is 9.59 Å². The van der Waals surface area contributed by atoms with Crippen LogP contribution >= 0.6 is 24.0 Å². The van der Waals surface area contributed by atoms with E-state index < -0.39 is 0 Å². The number of hydrogen-bond acceptors (Lipinski definition) is 3. The lowest BCUT2D eigenvalue weighted by Gasteiger charge is -2.26. The molecule has 0 bridgehead atoms. The number of rotatable bonds is 6. The van der Waals surface area contributed by atoms with Gasteiger partial charge in [0.15, 0.2) is 0 Å². The van der Waals surface area contributed by atoms with Crippen molar-refractivity contribution in [3.05, 3.63) is 34.9 Å². The second-order valence-electron chi connectivity index (χ2n) is 6.05. The molecule has 1 fully saturated rings. The normalized spacial score (nSPS) is 19.9. The van der Waals surface area contributed by atoms with Crippen molar-refractivity contribution in [2.45, 2.75) is 50.6 Å². The van der Waals surface area contributed by atoms with E-state index in [1.807, 2.05) is 0 Å². The topological polar surface area (TPSA) is 84.2 Å². The highest BCUT2D eigenvalue weighted by atomic mass is 35.5. The van der Waals surface area contributed by atoms with Gasteiger partial charge in [0.1, 0.15) is 0 Å². The zero-order valence-electron chi connectivity index (χ0n) is 13.6. The van der Waals surface area contributed by atoms with Crippen LogP contribution < -0.4 is 16.4 Å². The SMILES string of the molecule is Cl.NC1CCC(NC(=O)CCCNC(=O)c2ccc(Cl)cc2)CC1. The third-order valence-corrected chi connectivity index (χ3v) is 4.36. The maximum atomic E-state index is 11.9. The van der Waals surface area contributed by atoms with E-state index in [2.05, 4.69) is 10.6 Å². The molecule has 1 saturated carbocycles. The van der Waals surface area contributed by atoms with Gasteiger partial charge in [0, 0.05) is 35.6 Å². The van der Waals surface area contributed by atoms with Crippen molar-refractivity contribution in [2.24, 2.45) is 5.73 Å². The van der Waals surface area contributed by atoms with Crippen molar-refractivity contribution >= 4 is 35.8 Å². The lowest BCUT2D eigenvalue weighted by molar-refractivity contribution is -0.122. The second-order valence-corrected chi connectivity index (χ2v) is 6.48. The Kier molecular flexibility index (Phi) is 9.11. The summed E-state index contributed by atoms with van der Waals surface area (Å²) in [4.78, 5) is 23.8. The highest BCUT2D eigenvalue weighted by Crippen LogP contribution is 2.17. The molecule has 4 N–H and O–H groups in total. The molecule has 0 atom stereocenters. The monoisotopic (exact) mass is 373 g/mol. The smallest absolute Gasteiger partial charge is 0.251 e. The average Bonchev–Trinajstić information content (AvgIpc) is 2.54. The van der Waals surface area contributed by atoms with Crippen molar-refractivity contribution in [1.29, 1.82) is 0 Å². The summed E-state index contributed by atoms with van der Waals surface area (Å²) in [7, 11) is 0. The predicted octanol–water partition coefficient (Wildman–Crippen LogP) is 2.66. The van der Waals surface area contributed by atoms with Crippen molar-refractivity contribution in [2.75, 3.05) is 6.54 Å². The molecule has 7 heteroatoms. The first-order valence-corrected chi connectivity index (χ1v) is 8.51. The average molecular weight is 374 g/mol. The van der Waals surface area contributed by atoms with Crippen molar-refractivity contribution in [3.63, 3.8) is 0 Å². The van der Waals surface area contributed by atoms with Crippen molar-refractivity contribution < 1.29 is 9.59 Å². The third-order valence-electron chi connectivity index (χ3n) is 4.11. The number of amides is 2. The minimum atomic E-state index is -0.150. The molecule has 5 nitrogen and oxygen atoms in total. The molecular weight excluding hydrogens is 349 g/mol. The zero-order valence-corrected chi connectivity index (χ0v) is 15.2. The van der Waals surface area contributed by atoms with Crippen LogP contribution in [0.25, 0.3) is 0 Å². The van der Waals surface area contributed by atoms with E-state index in [9.17, 15) is 9.59 Å². The fourth-order valence-corrected chi connectivity index (χ4v) is 2.84. The molecule has 0 saturated heterocycles. The highest BCUT2D eigenvalue weighted by Gasteiger charge is 2.19. The van der Waals surface area contributed by atoms with Gasteiger partial charge in [0.2, 0.25) is 5.91 Å². The molecule has 1 aromatic rings. The number of carbonyl (C=O) groups excluding carboxylic acids is 2. The van der Waals surface area contributed by atoms with Crippen LogP contribution in [-0.4, -0.2) is 30.4 Å². The summed E-state index contributed by atoms with van der Waals surface area (Å²) in [5.41, 5.74) is 6.42. The Bertz CT molecular complexity index is 529. The maximum absolute atomic E-state index is 11.9. The van der Waals surface area contributed by atoms with E-state index in [1.165, 1.54) is 0 Å². The van der Waals surface area contributed by atoms with Crippen LogP contribution in [0.2, 0.25) is 5.02 Å². The van der Waals surface area contributed by atoms with Gasteiger partial charge in [-0.1, -0.05) is 11.6 Å². The van der Waals surface area contributed by atoms with Gasteiger partial charge in [-0.05, 0) is 56.4 Å². The van der Waals surface area contributed by atoms with Crippen LogP contribution in [0, 0.1) is 0 Å². The maximum Gasteiger partial charge on any atom is 0.251 e. The minimum absolute atomic E-state index is 0. The lowest BCUT2D eigenvalue weighted by atomic mass is 9.92. The van der Waals surface area contributed by atoms with E-state index in [1.54, 1.807) is 24.3 Å². The quantitative estimate of drug-likeness (QED) is 0.670. The summed E-state index contributed by atoms with van der Waals surface area (Å²) in [5, 5.41) is 6.45. The van der Waals surface area contributed by atoms with Gasteiger partial charge in [0.25, 0.3) is 5.91 Å². The number of nitrogens with one attached hydrogen (secondary N) is 2. The van der Waals surface area contributed by atoms with Crippen LogP contribution in [0.1, 0.15) is 48.9 Å². The van der Waals surface area contributed by atoms with E-state index >= 15 is 0 Å². The first-order valence-electron chi connectivity index (χ1n) is 8.13. The molecule has 134 valence electrons. The number of halogens is 2. The Morgan fingerprint density at radius 1 is 1.12 bits per heavy atom. The first-order chi connectivity index (χ1) is 11.0. The number of carbonyl (C=O) groups is 2. The van der Waals surface area contributed by atoms with Gasteiger partial charge in [0.05, 0.1) is 0 Å². The molecule has 0 heterocycles. The number of hydrogen-bond donors (Lipinski definition) is 3.